The van der Waals surface area contributed by atoms with Crippen molar-refractivity contribution in [2.24, 2.45) is 4.99 Å². The first-order valence-corrected chi connectivity index (χ1v) is 9.49. The van der Waals surface area contributed by atoms with Crippen molar-refractivity contribution in [2.75, 3.05) is 53.6 Å². The Bertz CT molecular complexity index is 491. The minimum absolute atomic E-state index is 0. The van der Waals surface area contributed by atoms with Gasteiger partial charge in [0.05, 0.1) is 12.4 Å². The summed E-state index contributed by atoms with van der Waals surface area (Å²) < 4.78 is 21.8. The first-order chi connectivity index (χ1) is 12.8. The van der Waals surface area contributed by atoms with Crippen molar-refractivity contribution in [3.63, 3.8) is 0 Å². The van der Waals surface area contributed by atoms with Crippen molar-refractivity contribution in [3.05, 3.63) is 24.2 Å². The quantitative estimate of drug-likeness (QED) is 0.221. The van der Waals surface area contributed by atoms with Crippen LogP contribution in [0.25, 0.3) is 0 Å². The highest BCUT2D eigenvalue weighted by Gasteiger charge is 2.21. The van der Waals surface area contributed by atoms with Gasteiger partial charge in [-0.25, -0.2) is 0 Å². The van der Waals surface area contributed by atoms with E-state index in [9.17, 15) is 0 Å². The average molecular weight is 495 g/mol. The summed E-state index contributed by atoms with van der Waals surface area (Å²) in [4.78, 5) is 6.70. The molecule has 1 N–H and O–H groups in total. The van der Waals surface area contributed by atoms with Gasteiger partial charge in [0.2, 0.25) is 0 Å². The lowest BCUT2D eigenvalue weighted by atomic mass is 10.1. The van der Waals surface area contributed by atoms with Gasteiger partial charge >= 0.3 is 0 Å². The Balaban J connectivity index is 0.00000364. The van der Waals surface area contributed by atoms with Gasteiger partial charge in [-0.15, -0.1) is 24.0 Å². The molecule has 8 heteroatoms. The maximum absolute atomic E-state index is 5.91. The Labute approximate surface area is 179 Å². The highest BCUT2D eigenvalue weighted by Crippen LogP contribution is 2.14. The van der Waals surface area contributed by atoms with Gasteiger partial charge in [0, 0.05) is 53.6 Å². The molecular formula is C19H34IN3O4. The molecule has 0 aromatic carbocycles. The van der Waals surface area contributed by atoms with E-state index in [1.54, 1.807) is 13.4 Å². The summed E-state index contributed by atoms with van der Waals surface area (Å²) in [6.45, 7) is 5.57. The van der Waals surface area contributed by atoms with E-state index in [1.165, 1.54) is 0 Å². The molecular weight excluding hydrogens is 461 g/mol. The van der Waals surface area contributed by atoms with Crippen LogP contribution >= 0.6 is 24.0 Å². The molecule has 27 heavy (non-hydrogen) atoms. The van der Waals surface area contributed by atoms with Gasteiger partial charge in [0.25, 0.3) is 0 Å². The minimum atomic E-state index is 0. The zero-order valence-corrected chi connectivity index (χ0v) is 18.9. The van der Waals surface area contributed by atoms with Gasteiger partial charge in [-0.3, -0.25) is 4.99 Å². The van der Waals surface area contributed by atoms with E-state index in [2.05, 4.69) is 15.2 Å². The second-order valence-electron chi connectivity index (χ2n) is 6.36. The number of piperidine rings is 1. The first-order valence-electron chi connectivity index (χ1n) is 9.49. The Hall–Kier alpha value is -0.840. The predicted octanol–water partition coefficient (Wildman–Crippen LogP) is 2.90. The van der Waals surface area contributed by atoms with Crippen molar-refractivity contribution in [1.82, 2.24) is 10.2 Å². The van der Waals surface area contributed by atoms with Crippen LogP contribution in [-0.4, -0.2) is 70.6 Å². The molecule has 156 valence electrons. The lowest BCUT2D eigenvalue weighted by molar-refractivity contribution is 0.00989. The Morgan fingerprint density at radius 3 is 2.74 bits per heavy atom. The van der Waals surface area contributed by atoms with Gasteiger partial charge in [0.15, 0.2) is 5.96 Å². The zero-order valence-electron chi connectivity index (χ0n) is 16.5. The molecule has 0 atom stereocenters. The van der Waals surface area contributed by atoms with Gasteiger partial charge in [0.1, 0.15) is 12.4 Å². The summed E-state index contributed by atoms with van der Waals surface area (Å²) in [5.41, 5.74) is 0. The fourth-order valence-corrected chi connectivity index (χ4v) is 2.96. The van der Waals surface area contributed by atoms with Gasteiger partial charge in [-0.05, 0) is 37.8 Å². The molecule has 0 spiro atoms. The highest BCUT2D eigenvalue weighted by molar-refractivity contribution is 14.0. The molecule has 1 aliphatic heterocycles. The predicted molar refractivity (Wildman–Crippen MR) is 117 cm³/mol. The summed E-state index contributed by atoms with van der Waals surface area (Å²) in [6, 6.07) is 3.79. The Morgan fingerprint density at radius 2 is 2.07 bits per heavy atom. The summed E-state index contributed by atoms with van der Waals surface area (Å²) in [5.74, 6) is 1.83. The van der Waals surface area contributed by atoms with Crippen LogP contribution < -0.4 is 5.32 Å². The number of hydrogen-bond donors (Lipinski definition) is 1. The van der Waals surface area contributed by atoms with E-state index in [0.717, 1.165) is 70.3 Å². The lowest BCUT2D eigenvalue weighted by Gasteiger charge is -2.34. The number of rotatable bonds is 11. The van der Waals surface area contributed by atoms with Crippen LogP contribution in [0.15, 0.2) is 27.8 Å². The normalized spacial score (nSPS) is 15.6. The SMILES string of the molecule is CN=C(NCCCOCc1ccco1)N1CCC(OCCCOC)CC1.I. The molecule has 7 nitrogen and oxygen atoms in total. The van der Waals surface area contributed by atoms with Crippen LogP contribution in [-0.2, 0) is 20.8 Å². The molecule has 0 aliphatic carbocycles. The molecule has 1 aliphatic rings. The highest BCUT2D eigenvalue weighted by atomic mass is 127. The lowest BCUT2D eigenvalue weighted by Crippen LogP contribution is -2.47. The van der Waals surface area contributed by atoms with E-state index in [0.29, 0.717) is 19.3 Å². The first kappa shape index (κ1) is 24.2. The topological polar surface area (TPSA) is 68.5 Å². The zero-order chi connectivity index (χ0) is 18.5. The van der Waals surface area contributed by atoms with Crippen LogP contribution in [0, 0.1) is 0 Å². The summed E-state index contributed by atoms with van der Waals surface area (Å²) >= 11 is 0. The number of likely N-dealkylation sites (tertiary alicyclic amines) is 1. The van der Waals surface area contributed by atoms with Crippen molar-refractivity contribution >= 4 is 29.9 Å². The van der Waals surface area contributed by atoms with Crippen molar-refractivity contribution in [3.8, 4) is 0 Å². The third kappa shape index (κ3) is 9.77. The molecule has 0 saturated carbocycles. The number of furan rings is 1. The molecule has 0 amide bonds. The number of guanidine groups is 1. The molecule has 1 aromatic rings. The summed E-state index contributed by atoms with van der Waals surface area (Å²) in [7, 11) is 3.56. The van der Waals surface area contributed by atoms with E-state index in [1.807, 2.05) is 19.2 Å². The number of aliphatic imine (C=N–C) groups is 1. The smallest absolute Gasteiger partial charge is 0.193 e. The van der Waals surface area contributed by atoms with Crippen molar-refractivity contribution in [2.45, 2.75) is 38.4 Å². The van der Waals surface area contributed by atoms with Crippen LogP contribution in [0.4, 0.5) is 0 Å². The van der Waals surface area contributed by atoms with Crippen LogP contribution in [0.3, 0.4) is 0 Å². The van der Waals surface area contributed by atoms with Crippen LogP contribution in [0.5, 0.6) is 0 Å². The number of nitrogens with zero attached hydrogens (tertiary/aromatic N) is 2. The molecule has 1 fully saturated rings. The molecule has 2 heterocycles. The van der Waals surface area contributed by atoms with Crippen molar-refractivity contribution < 1.29 is 18.6 Å². The number of hydrogen-bond acceptors (Lipinski definition) is 5. The molecule has 0 bridgehead atoms. The third-order valence-corrected chi connectivity index (χ3v) is 4.37. The largest absolute Gasteiger partial charge is 0.467 e. The molecule has 1 aromatic heterocycles. The Kier molecular flexibility index (Phi) is 13.6. The van der Waals surface area contributed by atoms with Crippen LogP contribution in [0.2, 0.25) is 0 Å². The fraction of sp³-hybridized carbons (Fsp3) is 0.737. The van der Waals surface area contributed by atoms with Gasteiger partial charge in [-0.2, -0.15) is 0 Å². The third-order valence-electron chi connectivity index (χ3n) is 4.37. The number of methoxy groups -OCH3 is 1. The van der Waals surface area contributed by atoms with Gasteiger partial charge < -0.3 is 28.8 Å². The van der Waals surface area contributed by atoms with Crippen molar-refractivity contribution in [1.29, 1.82) is 0 Å². The fourth-order valence-electron chi connectivity index (χ4n) is 2.96. The van der Waals surface area contributed by atoms with E-state index in [4.69, 9.17) is 18.6 Å². The summed E-state index contributed by atoms with van der Waals surface area (Å²) in [5, 5.41) is 3.42. The minimum Gasteiger partial charge on any atom is -0.467 e. The maximum atomic E-state index is 5.91. The van der Waals surface area contributed by atoms with E-state index >= 15 is 0 Å². The Morgan fingerprint density at radius 1 is 1.26 bits per heavy atom. The molecule has 1 saturated heterocycles. The van der Waals surface area contributed by atoms with E-state index in [-0.39, 0.29) is 24.0 Å². The molecule has 0 unspecified atom stereocenters. The average Bonchev–Trinajstić information content (AvgIpc) is 3.19. The van der Waals surface area contributed by atoms with E-state index < -0.39 is 0 Å². The second-order valence-corrected chi connectivity index (χ2v) is 6.36. The number of ether oxygens (including phenoxy) is 3. The number of halogens is 1. The monoisotopic (exact) mass is 495 g/mol. The summed E-state index contributed by atoms with van der Waals surface area (Å²) in [6.07, 6.45) is 6.00. The van der Waals surface area contributed by atoms with Gasteiger partial charge in [-0.1, -0.05) is 0 Å². The molecule has 0 radical (unpaired) electrons. The maximum Gasteiger partial charge on any atom is 0.193 e. The molecule has 2 rings (SSSR count). The number of nitrogens with one attached hydrogen (secondary N) is 1. The second kappa shape index (κ2) is 15.1. The standard InChI is InChI=1S/C19H33N3O4.HI/c1-20-19(21-9-4-13-24-16-18-6-3-14-26-18)22-10-7-17(8-11-22)25-15-5-12-23-2;/h3,6,14,17H,4-5,7-13,15-16H2,1-2H3,(H,20,21);1H. The van der Waals surface area contributed by atoms with Crippen LogP contribution in [0.1, 0.15) is 31.4 Å².